The second kappa shape index (κ2) is 6.25. The van der Waals surface area contributed by atoms with Crippen LogP contribution in [0.3, 0.4) is 0 Å². The standard InChI is InChI=1S/C17H26N2O/c20-15-17(8-4-5-9-17)19-12-10-18(11-13-19)14-16-6-2-1-3-7-16/h1-3,6-7,20H,4-5,8-15H2. The molecule has 3 rings (SSSR count). The first-order valence-corrected chi connectivity index (χ1v) is 7.95. The molecular formula is C17H26N2O. The largest absolute Gasteiger partial charge is 0.394 e. The van der Waals surface area contributed by atoms with E-state index in [0.29, 0.717) is 6.61 Å². The third-order valence-electron chi connectivity index (χ3n) is 5.12. The predicted molar refractivity (Wildman–Crippen MR) is 81.6 cm³/mol. The highest BCUT2D eigenvalue weighted by atomic mass is 16.3. The second-order valence-electron chi connectivity index (χ2n) is 6.34. The molecule has 0 radical (unpaired) electrons. The number of hydrogen-bond donors (Lipinski definition) is 1. The molecule has 0 aromatic heterocycles. The van der Waals surface area contributed by atoms with Crippen LogP contribution < -0.4 is 0 Å². The van der Waals surface area contributed by atoms with E-state index in [1.807, 2.05) is 0 Å². The summed E-state index contributed by atoms with van der Waals surface area (Å²) in [5, 5.41) is 9.81. The molecule has 0 atom stereocenters. The van der Waals surface area contributed by atoms with E-state index in [0.717, 1.165) is 32.7 Å². The van der Waals surface area contributed by atoms with Crippen LogP contribution in [0.15, 0.2) is 30.3 Å². The molecule has 0 unspecified atom stereocenters. The van der Waals surface area contributed by atoms with E-state index in [9.17, 15) is 5.11 Å². The van der Waals surface area contributed by atoms with Gasteiger partial charge in [0, 0.05) is 38.3 Å². The minimum Gasteiger partial charge on any atom is -0.394 e. The maximum atomic E-state index is 9.81. The Bertz CT molecular complexity index is 406. The van der Waals surface area contributed by atoms with Crippen molar-refractivity contribution in [2.24, 2.45) is 0 Å². The summed E-state index contributed by atoms with van der Waals surface area (Å²) < 4.78 is 0. The number of hydrogen-bond acceptors (Lipinski definition) is 3. The zero-order valence-electron chi connectivity index (χ0n) is 12.3. The van der Waals surface area contributed by atoms with Crippen molar-refractivity contribution >= 4 is 0 Å². The van der Waals surface area contributed by atoms with Crippen LogP contribution in [0.2, 0.25) is 0 Å². The van der Waals surface area contributed by atoms with Gasteiger partial charge in [-0.15, -0.1) is 0 Å². The second-order valence-corrected chi connectivity index (χ2v) is 6.34. The average Bonchev–Trinajstić information content (AvgIpc) is 2.99. The van der Waals surface area contributed by atoms with Crippen molar-refractivity contribution in [1.82, 2.24) is 9.80 Å². The van der Waals surface area contributed by atoms with Gasteiger partial charge in [-0.25, -0.2) is 0 Å². The lowest BCUT2D eigenvalue weighted by atomic mass is 9.95. The van der Waals surface area contributed by atoms with Crippen molar-refractivity contribution in [3.8, 4) is 0 Å². The normalized spacial score (nSPS) is 24.1. The van der Waals surface area contributed by atoms with Crippen molar-refractivity contribution in [2.75, 3.05) is 32.8 Å². The van der Waals surface area contributed by atoms with Gasteiger partial charge in [-0.3, -0.25) is 9.80 Å². The van der Waals surface area contributed by atoms with E-state index >= 15 is 0 Å². The molecule has 1 aromatic carbocycles. The average molecular weight is 274 g/mol. The van der Waals surface area contributed by atoms with Gasteiger partial charge in [-0.2, -0.15) is 0 Å². The lowest BCUT2D eigenvalue weighted by Gasteiger charge is -2.45. The molecule has 1 aliphatic heterocycles. The van der Waals surface area contributed by atoms with Crippen molar-refractivity contribution in [3.63, 3.8) is 0 Å². The minimum atomic E-state index is 0.110. The van der Waals surface area contributed by atoms with Crippen molar-refractivity contribution < 1.29 is 5.11 Å². The lowest BCUT2D eigenvalue weighted by molar-refractivity contribution is -0.00309. The van der Waals surface area contributed by atoms with Crippen LogP contribution in [-0.4, -0.2) is 53.2 Å². The van der Waals surface area contributed by atoms with Gasteiger partial charge in [-0.1, -0.05) is 43.2 Å². The zero-order chi connectivity index (χ0) is 13.8. The highest BCUT2D eigenvalue weighted by Crippen LogP contribution is 2.35. The zero-order valence-corrected chi connectivity index (χ0v) is 12.3. The van der Waals surface area contributed by atoms with E-state index in [4.69, 9.17) is 0 Å². The number of piperazine rings is 1. The number of nitrogens with zero attached hydrogens (tertiary/aromatic N) is 2. The van der Waals surface area contributed by atoms with E-state index in [2.05, 4.69) is 40.1 Å². The summed E-state index contributed by atoms with van der Waals surface area (Å²) in [6.07, 6.45) is 4.93. The molecule has 1 N–H and O–H groups in total. The number of rotatable bonds is 4. The van der Waals surface area contributed by atoms with Crippen LogP contribution in [0, 0.1) is 0 Å². The van der Waals surface area contributed by atoms with Gasteiger partial charge in [0.2, 0.25) is 0 Å². The molecule has 0 amide bonds. The molecule has 0 spiro atoms. The Morgan fingerprint density at radius 3 is 2.20 bits per heavy atom. The highest BCUT2D eigenvalue weighted by Gasteiger charge is 2.39. The van der Waals surface area contributed by atoms with Crippen LogP contribution in [-0.2, 0) is 6.54 Å². The summed E-state index contributed by atoms with van der Waals surface area (Å²) in [5.74, 6) is 0. The SMILES string of the molecule is OCC1(N2CCN(Cc3ccccc3)CC2)CCCC1. The molecule has 3 heteroatoms. The first-order chi connectivity index (χ1) is 9.82. The van der Waals surface area contributed by atoms with E-state index in [1.165, 1.54) is 31.2 Å². The van der Waals surface area contributed by atoms with Gasteiger partial charge in [-0.05, 0) is 18.4 Å². The van der Waals surface area contributed by atoms with Gasteiger partial charge < -0.3 is 5.11 Å². The number of aliphatic hydroxyl groups excluding tert-OH is 1. The molecule has 110 valence electrons. The molecular weight excluding hydrogens is 248 g/mol. The van der Waals surface area contributed by atoms with Gasteiger partial charge in [0.25, 0.3) is 0 Å². The summed E-state index contributed by atoms with van der Waals surface area (Å²) >= 11 is 0. The maximum Gasteiger partial charge on any atom is 0.0615 e. The Hall–Kier alpha value is -0.900. The third kappa shape index (κ3) is 2.90. The van der Waals surface area contributed by atoms with Crippen molar-refractivity contribution in [2.45, 2.75) is 37.8 Å². The molecule has 1 aliphatic carbocycles. The van der Waals surface area contributed by atoms with E-state index < -0.39 is 0 Å². The highest BCUT2D eigenvalue weighted by molar-refractivity contribution is 5.14. The first-order valence-electron chi connectivity index (χ1n) is 7.95. The Morgan fingerprint density at radius 2 is 1.60 bits per heavy atom. The number of benzene rings is 1. The Morgan fingerprint density at radius 1 is 0.950 bits per heavy atom. The van der Waals surface area contributed by atoms with Gasteiger partial charge in [0.15, 0.2) is 0 Å². The third-order valence-corrected chi connectivity index (χ3v) is 5.12. The molecule has 2 aliphatic rings. The molecule has 3 nitrogen and oxygen atoms in total. The molecule has 1 saturated heterocycles. The fraction of sp³-hybridized carbons (Fsp3) is 0.647. The van der Waals surface area contributed by atoms with Crippen molar-refractivity contribution in [3.05, 3.63) is 35.9 Å². The molecule has 0 bridgehead atoms. The monoisotopic (exact) mass is 274 g/mol. The van der Waals surface area contributed by atoms with Crippen LogP contribution in [0.5, 0.6) is 0 Å². The molecule has 1 saturated carbocycles. The summed E-state index contributed by atoms with van der Waals surface area (Å²) in [6.45, 7) is 5.85. The fourth-order valence-electron chi connectivity index (χ4n) is 3.83. The molecule has 2 fully saturated rings. The quantitative estimate of drug-likeness (QED) is 0.911. The summed E-state index contributed by atoms with van der Waals surface area (Å²) in [7, 11) is 0. The van der Waals surface area contributed by atoms with Crippen molar-refractivity contribution in [1.29, 1.82) is 0 Å². The molecule has 1 heterocycles. The summed E-state index contributed by atoms with van der Waals surface area (Å²) in [6, 6.07) is 10.7. The van der Waals surface area contributed by atoms with Crippen LogP contribution in [0.25, 0.3) is 0 Å². The van der Waals surface area contributed by atoms with Crippen LogP contribution in [0.1, 0.15) is 31.2 Å². The lowest BCUT2D eigenvalue weighted by Crippen LogP contribution is -2.57. The number of aliphatic hydroxyl groups is 1. The van der Waals surface area contributed by atoms with Gasteiger partial charge in [0.1, 0.15) is 0 Å². The predicted octanol–water partition coefficient (Wildman–Crippen LogP) is 2.11. The minimum absolute atomic E-state index is 0.110. The molecule has 1 aromatic rings. The van der Waals surface area contributed by atoms with E-state index in [1.54, 1.807) is 0 Å². The van der Waals surface area contributed by atoms with E-state index in [-0.39, 0.29) is 5.54 Å². The fourth-order valence-corrected chi connectivity index (χ4v) is 3.83. The summed E-state index contributed by atoms with van der Waals surface area (Å²) in [5.41, 5.74) is 1.51. The van der Waals surface area contributed by atoms with Gasteiger partial charge in [0.05, 0.1) is 6.61 Å². The molecule has 20 heavy (non-hydrogen) atoms. The maximum absolute atomic E-state index is 9.81. The van der Waals surface area contributed by atoms with Crippen LogP contribution >= 0.6 is 0 Å². The van der Waals surface area contributed by atoms with Crippen LogP contribution in [0.4, 0.5) is 0 Å². The first kappa shape index (κ1) is 14.1. The smallest absolute Gasteiger partial charge is 0.0615 e. The Kier molecular flexibility index (Phi) is 4.39. The Labute approximate surface area is 122 Å². The van der Waals surface area contributed by atoms with Gasteiger partial charge >= 0.3 is 0 Å². The summed E-state index contributed by atoms with van der Waals surface area (Å²) in [4.78, 5) is 5.09. The topological polar surface area (TPSA) is 26.7 Å². The Balaban J connectivity index is 1.54.